The topological polar surface area (TPSA) is 95.9 Å². The molecule has 0 aliphatic heterocycles. The van der Waals surface area contributed by atoms with Gasteiger partial charge in [0.2, 0.25) is 0 Å². The highest BCUT2D eigenvalue weighted by molar-refractivity contribution is 6.34. The average Bonchev–Trinajstić information content (AvgIpc) is 2.45. The van der Waals surface area contributed by atoms with Crippen LogP contribution in [0.5, 0.6) is 0 Å². The van der Waals surface area contributed by atoms with Crippen molar-refractivity contribution >= 4 is 35.3 Å². The quantitative estimate of drug-likeness (QED) is 0.811. The fourth-order valence-electron chi connectivity index (χ4n) is 1.42. The molecule has 1 aromatic rings. The van der Waals surface area contributed by atoms with E-state index in [4.69, 9.17) is 16.7 Å². The van der Waals surface area contributed by atoms with Crippen LogP contribution >= 0.6 is 11.6 Å². The summed E-state index contributed by atoms with van der Waals surface area (Å²) in [5.74, 6) is -1.52. The summed E-state index contributed by atoms with van der Waals surface area (Å²) < 4.78 is 4.48. The van der Waals surface area contributed by atoms with Crippen LogP contribution in [0.1, 0.15) is 16.8 Å². The number of carboxylic acids is 1. The van der Waals surface area contributed by atoms with E-state index in [1.807, 2.05) is 0 Å². The number of anilines is 1. The fourth-order valence-corrected chi connectivity index (χ4v) is 1.65. The minimum Gasteiger partial charge on any atom is -0.478 e. The van der Waals surface area contributed by atoms with Gasteiger partial charge in [-0.3, -0.25) is 4.79 Å². The van der Waals surface area contributed by atoms with Gasteiger partial charge in [-0.2, -0.15) is 0 Å². The molecule has 114 valence electrons. The van der Waals surface area contributed by atoms with Crippen molar-refractivity contribution in [1.82, 2.24) is 4.90 Å². The van der Waals surface area contributed by atoms with Gasteiger partial charge < -0.3 is 20.1 Å². The average molecular weight is 315 g/mol. The summed E-state index contributed by atoms with van der Waals surface area (Å²) >= 11 is 5.90. The lowest BCUT2D eigenvalue weighted by atomic mass is 10.2. The fraction of sp³-hybridized carbons (Fsp3) is 0.308. The highest BCUT2D eigenvalue weighted by Gasteiger charge is 2.13. The Hall–Kier alpha value is -2.28. The molecule has 1 rings (SSSR count). The monoisotopic (exact) mass is 314 g/mol. The van der Waals surface area contributed by atoms with Crippen LogP contribution < -0.4 is 5.32 Å². The van der Waals surface area contributed by atoms with Crippen molar-refractivity contribution in [1.29, 1.82) is 0 Å². The molecule has 0 heterocycles. The molecule has 0 aromatic heterocycles. The molecule has 0 spiro atoms. The third kappa shape index (κ3) is 4.96. The Morgan fingerprint density at radius 3 is 2.57 bits per heavy atom. The number of carboxylic acid groups (broad SMARTS) is 1. The van der Waals surface area contributed by atoms with Gasteiger partial charge in [0.1, 0.15) is 0 Å². The molecule has 0 radical (unpaired) electrons. The molecule has 0 fully saturated rings. The predicted molar refractivity (Wildman–Crippen MR) is 76.7 cm³/mol. The van der Waals surface area contributed by atoms with Crippen molar-refractivity contribution in [2.24, 2.45) is 0 Å². The zero-order valence-corrected chi connectivity index (χ0v) is 12.3. The lowest BCUT2D eigenvalue weighted by Crippen LogP contribution is -2.33. The summed E-state index contributed by atoms with van der Waals surface area (Å²) in [5.41, 5.74) is 0.314. The van der Waals surface area contributed by atoms with Crippen molar-refractivity contribution in [3.8, 4) is 0 Å². The smallest absolute Gasteiger partial charge is 0.335 e. The minimum atomic E-state index is -1.11. The van der Waals surface area contributed by atoms with Crippen molar-refractivity contribution in [3.05, 3.63) is 28.8 Å². The maximum absolute atomic E-state index is 11.9. The molecule has 0 saturated heterocycles. The van der Waals surface area contributed by atoms with E-state index in [1.54, 1.807) is 0 Å². The number of methoxy groups -OCH3 is 1. The molecule has 1 aromatic carbocycles. The van der Waals surface area contributed by atoms with Crippen LogP contribution in [0.4, 0.5) is 10.5 Å². The molecule has 0 aliphatic rings. The number of amides is 2. The van der Waals surface area contributed by atoms with E-state index < -0.39 is 18.0 Å². The summed E-state index contributed by atoms with van der Waals surface area (Å²) in [6.07, 6.45) is 0.0755. The lowest BCUT2D eigenvalue weighted by molar-refractivity contribution is -0.140. The molecule has 2 N–H and O–H groups in total. The molecule has 7 nitrogen and oxygen atoms in total. The Balaban J connectivity index is 2.66. The van der Waals surface area contributed by atoms with Crippen LogP contribution in [0.2, 0.25) is 5.02 Å². The summed E-state index contributed by atoms with van der Waals surface area (Å²) in [7, 11) is 2.78. The zero-order chi connectivity index (χ0) is 16.0. The number of esters is 1. The first-order valence-corrected chi connectivity index (χ1v) is 6.34. The number of carbonyl (C=O) groups is 3. The van der Waals surface area contributed by atoms with Gasteiger partial charge in [0.05, 0.1) is 29.8 Å². The summed E-state index contributed by atoms with van der Waals surface area (Å²) in [5, 5.41) is 11.5. The molecule has 0 bridgehead atoms. The number of hydrogen-bond donors (Lipinski definition) is 2. The summed E-state index contributed by atoms with van der Waals surface area (Å²) in [6.45, 7) is 0.184. The van der Waals surface area contributed by atoms with Crippen LogP contribution in [-0.2, 0) is 9.53 Å². The normalized spacial score (nSPS) is 9.86. The van der Waals surface area contributed by atoms with Crippen molar-refractivity contribution in [3.63, 3.8) is 0 Å². The molecule has 8 heteroatoms. The Kier molecular flexibility index (Phi) is 5.98. The van der Waals surface area contributed by atoms with Crippen molar-refractivity contribution in [2.45, 2.75) is 6.42 Å². The maximum atomic E-state index is 11.9. The predicted octanol–water partition coefficient (Wildman–Crippen LogP) is 2.06. The molecule has 0 atom stereocenters. The van der Waals surface area contributed by atoms with Gasteiger partial charge in [0.25, 0.3) is 0 Å². The van der Waals surface area contributed by atoms with Gasteiger partial charge in [-0.15, -0.1) is 0 Å². The number of rotatable bonds is 5. The summed E-state index contributed by atoms with van der Waals surface area (Å²) in [4.78, 5) is 34.9. The van der Waals surface area contributed by atoms with Crippen molar-refractivity contribution < 1.29 is 24.2 Å². The van der Waals surface area contributed by atoms with E-state index in [2.05, 4.69) is 10.1 Å². The van der Waals surface area contributed by atoms with Gasteiger partial charge in [-0.05, 0) is 18.2 Å². The SMILES string of the molecule is COC(=O)CCN(C)C(=O)Nc1ccc(C(=O)O)cc1Cl. The first kappa shape index (κ1) is 16.8. The standard InChI is InChI=1S/C13H15ClN2O5/c1-16(6-5-11(17)21-2)13(20)15-10-4-3-8(12(18)19)7-9(10)14/h3-4,7H,5-6H2,1-2H3,(H,15,20)(H,18,19). The van der Waals surface area contributed by atoms with Crippen LogP contribution in [0.15, 0.2) is 18.2 Å². The van der Waals surface area contributed by atoms with Crippen LogP contribution in [0.3, 0.4) is 0 Å². The first-order valence-electron chi connectivity index (χ1n) is 5.97. The van der Waals surface area contributed by atoms with Gasteiger partial charge in [0, 0.05) is 13.6 Å². The number of urea groups is 1. The number of nitrogens with one attached hydrogen (secondary N) is 1. The number of nitrogens with zero attached hydrogens (tertiary/aromatic N) is 1. The Bertz CT molecular complexity index is 561. The second kappa shape index (κ2) is 7.49. The van der Waals surface area contributed by atoms with Gasteiger partial charge in [0.15, 0.2) is 0 Å². The molecule has 0 aliphatic carbocycles. The Morgan fingerprint density at radius 1 is 1.38 bits per heavy atom. The van der Waals surface area contributed by atoms with Gasteiger partial charge in [-0.25, -0.2) is 9.59 Å². The number of carbonyl (C=O) groups excluding carboxylic acids is 2. The first-order chi connectivity index (χ1) is 9.85. The molecular formula is C13H15ClN2O5. The van der Waals surface area contributed by atoms with E-state index in [-0.39, 0.29) is 29.2 Å². The minimum absolute atomic E-state index is 0.0250. The number of benzene rings is 1. The third-order valence-corrected chi connectivity index (χ3v) is 3.00. The molecule has 0 saturated carbocycles. The van der Waals surface area contributed by atoms with Crippen LogP contribution in [-0.4, -0.2) is 48.7 Å². The zero-order valence-electron chi connectivity index (χ0n) is 11.6. The van der Waals surface area contributed by atoms with E-state index >= 15 is 0 Å². The highest BCUT2D eigenvalue weighted by atomic mass is 35.5. The van der Waals surface area contributed by atoms with Crippen molar-refractivity contribution in [2.75, 3.05) is 26.0 Å². The molecule has 21 heavy (non-hydrogen) atoms. The Morgan fingerprint density at radius 2 is 2.05 bits per heavy atom. The van der Waals surface area contributed by atoms with Crippen LogP contribution in [0.25, 0.3) is 0 Å². The molecule has 2 amide bonds. The maximum Gasteiger partial charge on any atom is 0.335 e. The summed E-state index contributed by atoms with van der Waals surface area (Å²) in [6, 6.07) is 3.51. The largest absolute Gasteiger partial charge is 0.478 e. The Labute approximate surface area is 126 Å². The number of halogens is 1. The van der Waals surface area contributed by atoms with E-state index in [0.29, 0.717) is 0 Å². The van der Waals surface area contributed by atoms with Gasteiger partial charge in [-0.1, -0.05) is 11.6 Å². The second-order valence-corrected chi connectivity index (χ2v) is 4.58. The van der Waals surface area contributed by atoms with E-state index in [1.165, 1.54) is 37.3 Å². The lowest BCUT2D eigenvalue weighted by Gasteiger charge is -2.18. The number of aromatic carboxylic acids is 1. The van der Waals surface area contributed by atoms with Gasteiger partial charge >= 0.3 is 18.0 Å². The van der Waals surface area contributed by atoms with E-state index in [0.717, 1.165) is 0 Å². The molecular weight excluding hydrogens is 300 g/mol. The highest BCUT2D eigenvalue weighted by Crippen LogP contribution is 2.23. The molecule has 0 unspecified atom stereocenters. The third-order valence-electron chi connectivity index (χ3n) is 2.68. The van der Waals surface area contributed by atoms with Crippen LogP contribution in [0, 0.1) is 0 Å². The number of hydrogen-bond acceptors (Lipinski definition) is 4. The second-order valence-electron chi connectivity index (χ2n) is 4.18. The van der Waals surface area contributed by atoms with E-state index in [9.17, 15) is 14.4 Å². The number of ether oxygens (including phenoxy) is 1.